The summed E-state index contributed by atoms with van der Waals surface area (Å²) in [4.78, 5) is 0. The van der Waals surface area contributed by atoms with E-state index >= 15 is 0 Å². The highest BCUT2D eigenvalue weighted by atomic mass is 19.4. The standard InChI is InChI=1S/C24H18F7NO2/c25-22(26)23(27,28)33-16-9-7-14(8-10-16)20-12-11-19-18(5-2-6-21(19)32-20)15-3-1-4-17(13-15)34-24(29,30)31/h1-10,13,20,22,32H,11-12H2. The Morgan fingerprint density at radius 3 is 2.21 bits per heavy atom. The molecule has 1 aliphatic heterocycles. The van der Waals surface area contributed by atoms with Gasteiger partial charge in [0, 0.05) is 5.69 Å². The fourth-order valence-corrected chi connectivity index (χ4v) is 3.89. The zero-order chi connectivity index (χ0) is 24.5. The number of anilines is 1. The second kappa shape index (κ2) is 9.08. The van der Waals surface area contributed by atoms with E-state index in [0.717, 1.165) is 22.4 Å². The lowest BCUT2D eigenvalue weighted by Gasteiger charge is -2.29. The maximum Gasteiger partial charge on any atom is 0.573 e. The first kappa shape index (κ1) is 23.7. The molecule has 0 saturated carbocycles. The molecule has 1 heterocycles. The van der Waals surface area contributed by atoms with Crippen LogP contribution in [0.25, 0.3) is 11.1 Å². The molecule has 4 rings (SSSR count). The lowest BCUT2D eigenvalue weighted by Crippen LogP contribution is -2.33. The Bertz CT molecular complexity index is 1150. The zero-order valence-corrected chi connectivity index (χ0v) is 17.4. The Hall–Kier alpha value is -3.43. The summed E-state index contributed by atoms with van der Waals surface area (Å²) in [6, 6.07) is 16.4. The molecule has 1 atom stereocenters. The van der Waals surface area contributed by atoms with Crippen molar-refractivity contribution in [3.63, 3.8) is 0 Å². The van der Waals surface area contributed by atoms with E-state index in [4.69, 9.17) is 0 Å². The van der Waals surface area contributed by atoms with Gasteiger partial charge in [-0.1, -0.05) is 36.4 Å². The summed E-state index contributed by atoms with van der Waals surface area (Å²) < 4.78 is 96.7. The fourth-order valence-electron chi connectivity index (χ4n) is 3.89. The Kier molecular flexibility index (Phi) is 6.33. The van der Waals surface area contributed by atoms with E-state index in [9.17, 15) is 30.7 Å². The minimum absolute atomic E-state index is 0.188. The zero-order valence-electron chi connectivity index (χ0n) is 17.4. The number of ether oxygens (including phenoxy) is 2. The Balaban J connectivity index is 1.53. The Morgan fingerprint density at radius 2 is 1.53 bits per heavy atom. The number of nitrogens with one attached hydrogen (secondary N) is 1. The van der Waals surface area contributed by atoms with E-state index in [1.807, 2.05) is 12.1 Å². The van der Waals surface area contributed by atoms with Gasteiger partial charge >= 0.3 is 18.9 Å². The number of fused-ring (bicyclic) bond motifs is 1. The Labute approximate surface area is 190 Å². The van der Waals surface area contributed by atoms with Crippen LogP contribution in [0.15, 0.2) is 66.7 Å². The second-order valence-electron chi connectivity index (χ2n) is 7.68. The first-order valence-electron chi connectivity index (χ1n) is 10.2. The number of rotatable bonds is 6. The predicted molar refractivity (Wildman–Crippen MR) is 111 cm³/mol. The van der Waals surface area contributed by atoms with Crippen LogP contribution in [0, 0.1) is 0 Å². The molecule has 0 radical (unpaired) electrons. The molecule has 0 aliphatic carbocycles. The summed E-state index contributed by atoms with van der Waals surface area (Å²) in [7, 11) is 0. The van der Waals surface area contributed by atoms with E-state index in [1.54, 1.807) is 12.1 Å². The summed E-state index contributed by atoms with van der Waals surface area (Å²) in [5.74, 6) is -0.697. The first-order chi connectivity index (χ1) is 16.0. The van der Waals surface area contributed by atoms with E-state index in [0.29, 0.717) is 18.4 Å². The quantitative estimate of drug-likeness (QED) is 0.365. The molecule has 0 fully saturated rings. The van der Waals surface area contributed by atoms with Crippen molar-refractivity contribution < 1.29 is 40.2 Å². The maximum atomic E-state index is 13.1. The maximum absolute atomic E-state index is 13.1. The average Bonchev–Trinajstić information content (AvgIpc) is 2.77. The van der Waals surface area contributed by atoms with Crippen molar-refractivity contribution in [2.45, 2.75) is 37.8 Å². The molecule has 1 aliphatic rings. The molecule has 1 unspecified atom stereocenters. The van der Waals surface area contributed by atoms with Gasteiger partial charge in [-0.2, -0.15) is 17.6 Å². The van der Waals surface area contributed by atoms with Crippen LogP contribution in [0.5, 0.6) is 11.5 Å². The molecule has 0 amide bonds. The molecule has 180 valence electrons. The van der Waals surface area contributed by atoms with Crippen LogP contribution in [-0.4, -0.2) is 18.9 Å². The van der Waals surface area contributed by atoms with Crippen LogP contribution in [0.3, 0.4) is 0 Å². The highest BCUT2D eigenvalue weighted by Gasteiger charge is 2.44. The van der Waals surface area contributed by atoms with Gasteiger partial charge < -0.3 is 14.8 Å². The molecule has 34 heavy (non-hydrogen) atoms. The normalized spacial score (nSPS) is 16.1. The summed E-state index contributed by atoms with van der Waals surface area (Å²) in [5, 5.41) is 3.34. The minimum atomic E-state index is -4.79. The van der Waals surface area contributed by atoms with E-state index in [-0.39, 0.29) is 17.5 Å². The van der Waals surface area contributed by atoms with Crippen LogP contribution >= 0.6 is 0 Å². The molecule has 0 bridgehead atoms. The second-order valence-corrected chi connectivity index (χ2v) is 7.68. The molecule has 0 spiro atoms. The third-order valence-electron chi connectivity index (χ3n) is 5.36. The van der Waals surface area contributed by atoms with Crippen molar-refractivity contribution in [2.24, 2.45) is 0 Å². The monoisotopic (exact) mass is 485 g/mol. The highest BCUT2D eigenvalue weighted by Crippen LogP contribution is 2.39. The van der Waals surface area contributed by atoms with Crippen LogP contribution in [0.4, 0.5) is 36.4 Å². The SMILES string of the molecule is FC(F)C(F)(F)Oc1ccc(C2CCc3c(cccc3-c3cccc(OC(F)(F)F)c3)N2)cc1. The number of hydrogen-bond acceptors (Lipinski definition) is 3. The largest absolute Gasteiger partial charge is 0.573 e. The lowest BCUT2D eigenvalue weighted by atomic mass is 9.88. The number of benzene rings is 3. The summed E-state index contributed by atoms with van der Waals surface area (Å²) in [5.41, 5.74) is 3.76. The molecule has 10 heteroatoms. The van der Waals surface area contributed by atoms with Gasteiger partial charge in [0.15, 0.2) is 0 Å². The smallest absolute Gasteiger partial charge is 0.428 e. The molecule has 3 nitrogen and oxygen atoms in total. The van der Waals surface area contributed by atoms with Gasteiger partial charge in [-0.15, -0.1) is 13.2 Å². The van der Waals surface area contributed by atoms with E-state index in [2.05, 4.69) is 14.8 Å². The third kappa shape index (κ3) is 5.37. The predicted octanol–water partition coefficient (Wildman–Crippen LogP) is 7.59. The van der Waals surface area contributed by atoms with Gasteiger partial charge in [0.25, 0.3) is 0 Å². The van der Waals surface area contributed by atoms with E-state index in [1.165, 1.54) is 42.5 Å². The van der Waals surface area contributed by atoms with Gasteiger partial charge in [-0.25, -0.2) is 0 Å². The first-order valence-corrected chi connectivity index (χ1v) is 10.2. The van der Waals surface area contributed by atoms with Gasteiger partial charge in [0.2, 0.25) is 0 Å². The van der Waals surface area contributed by atoms with Crippen molar-refractivity contribution in [1.29, 1.82) is 0 Å². The summed E-state index contributed by atoms with van der Waals surface area (Å²) in [6.45, 7) is 0. The van der Waals surface area contributed by atoms with Crippen molar-refractivity contribution in [1.82, 2.24) is 0 Å². The van der Waals surface area contributed by atoms with Gasteiger partial charge in [-0.05, 0) is 65.4 Å². The van der Waals surface area contributed by atoms with Crippen LogP contribution in [0.2, 0.25) is 0 Å². The molecule has 0 saturated heterocycles. The fraction of sp³-hybridized carbons (Fsp3) is 0.250. The summed E-state index contributed by atoms with van der Waals surface area (Å²) >= 11 is 0. The van der Waals surface area contributed by atoms with Crippen molar-refractivity contribution in [3.8, 4) is 22.6 Å². The van der Waals surface area contributed by atoms with Crippen LogP contribution in [-0.2, 0) is 6.42 Å². The lowest BCUT2D eigenvalue weighted by molar-refractivity contribution is -0.274. The minimum Gasteiger partial charge on any atom is -0.428 e. The van der Waals surface area contributed by atoms with Crippen molar-refractivity contribution in [3.05, 3.63) is 77.9 Å². The van der Waals surface area contributed by atoms with E-state index < -0.39 is 18.9 Å². The Morgan fingerprint density at radius 1 is 0.824 bits per heavy atom. The number of halogens is 7. The molecule has 3 aromatic carbocycles. The van der Waals surface area contributed by atoms with Crippen molar-refractivity contribution in [2.75, 3.05) is 5.32 Å². The molecule has 1 N–H and O–H groups in total. The van der Waals surface area contributed by atoms with Gasteiger partial charge in [-0.3, -0.25) is 0 Å². The molecule has 0 aromatic heterocycles. The molecular weight excluding hydrogens is 467 g/mol. The highest BCUT2D eigenvalue weighted by molar-refractivity contribution is 5.76. The molecular formula is C24H18F7NO2. The van der Waals surface area contributed by atoms with Gasteiger partial charge in [0.1, 0.15) is 11.5 Å². The summed E-state index contributed by atoms with van der Waals surface area (Å²) in [6.07, 6.45) is -12.1. The van der Waals surface area contributed by atoms with Crippen LogP contribution in [0.1, 0.15) is 23.6 Å². The number of alkyl halides is 7. The average molecular weight is 485 g/mol. The topological polar surface area (TPSA) is 30.5 Å². The van der Waals surface area contributed by atoms with Gasteiger partial charge in [0.05, 0.1) is 6.04 Å². The molecule has 3 aromatic rings. The number of hydrogen-bond donors (Lipinski definition) is 1. The third-order valence-corrected chi connectivity index (χ3v) is 5.36. The van der Waals surface area contributed by atoms with Crippen molar-refractivity contribution >= 4 is 5.69 Å². The van der Waals surface area contributed by atoms with Crippen LogP contribution < -0.4 is 14.8 Å².